The maximum Gasteiger partial charge on any atom is 0.338 e. The maximum atomic E-state index is 12.4. The summed E-state index contributed by atoms with van der Waals surface area (Å²) in [6, 6.07) is 9.39. The summed E-state index contributed by atoms with van der Waals surface area (Å²) >= 11 is 0. The Morgan fingerprint density at radius 2 is 1.59 bits per heavy atom. The van der Waals surface area contributed by atoms with Crippen LogP contribution in [0.3, 0.4) is 0 Å². The van der Waals surface area contributed by atoms with E-state index in [0.29, 0.717) is 34.8 Å². The van der Waals surface area contributed by atoms with Gasteiger partial charge in [-0.25, -0.2) is 4.79 Å². The van der Waals surface area contributed by atoms with Crippen LogP contribution in [0.2, 0.25) is 0 Å². The number of carbonyl (C=O) groups is 1. The number of carbonyl (C=O) groups excluding carboxylic acids is 1. The van der Waals surface area contributed by atoms with Crippen molar-refractivity contribution in [3.05, 3.63) is 35.9 Å². The van der Waals surface area contributed by atoms with Crippen molar-refractivity contribution in [1.29, 1.82) is 0 Å². The highest BCUT2D eigenvalue weighted by molar-refractivity contribution is 5.89. The molecule has 1 aromatic carbocycles. The van der Waals surface area contributed by atoms with Gasteiger partial charge in [-0.05, 0) is 122 Å². The van der Waals surface area contributed by atoms with Crippen LogP contribution in [0.25, 0.3) is 0 Å². The van der Waals surface area contributed by atoms with E-state index in [-0.39, 0.29) is 5.97 Å². The first-order valence-electron chi connectivity index (χ1n) is 16.0. The Balaban J connectivity index is 1.13. The van der Waals surface area contributed by atoms with Crippen LogP contribution in [0.5, 0.6) is 0 Å². The van der Waals surface area contributed by atoms with Gasteiger partial charge in [0.15, 0.2) is 0 Å². The summed E-state index contributed by atoms with van der Waals surface area (Å²) in [5.41, 5.74) is 1.88. The lowest BCUT2D eigenvalue weighted by atomic mass is 9.44. The first-order chi connectivity index (χ1) is 17.7. The Labute approximate surface area is 227 Å². The molecule has 4 aliphatic rings. The molecule has 37 heavy (non-hydrogen) atoms. The molecule has 5 rings (SSSR count). The molecule has 0 heterocycles. The lowest BCUT2D eigenvalue weighted by Crippen LogP contribution is -2.53. The van der Waals surface area contributed by atoms with Crippen molar-refractivity contribution in [3.8, 4) is 0 Å². The Kier molecular flexibility index (Phi) is 8.14. The van der Waals surface area contributed by atoms with E-state index < -0.39 is 0 Å². The van der Waals surface area contributed by atoms with Crippen molar-refractivity contribution in [2.45, 2.75) is 112 Å². The molecule has 0 aromatic heterocycles. The number of rotatable bonds is 8. The SMILES string of the molecule is CC(COC(=O)c1ccccc1)[C@@H](C)CC[C@@H](C)[C@H]1CC[C@H]2[C@@H]3CCC4CCCC[C@]4(C)[C@H]3CC[C@]12C. The topological polar surface area (TPSA) is 26.3 Å². The number of benzene rings is 1. The predicted octanol–water partition coefficient (Wildman–Crippen LogP) is 9.58. The molecule has 0 amide bonds. The van der Waals surface area contributed by atoms with E-state index in [4.69, 9.17) is 4.74 Å². The molecule has 0 radical (unpaired) electrons. The van der Waals surface area contributed by atoms with Gasteiger partial charge in [0, 0.05) is 0 Å². The zero-order valence-corrected chi connectivity index (χ0v) is 24.5. The summed E-state index contributed by atoms with van der Waals surface area (Å²) in [6.07, 6.45) is 17.6. The largest absolute Gasteiger partial charge is 0.462 e. The van der Waals surface area contributed by atoms with Gasteiger partial charge in [-0.1, -0.05) is 78.5 Å². The molecule has 4 aliphatic carbocycles. The van der Waals surface area contributed by atoms with Gasteiger partial charge < -0.3 is 4.74 Å². The Hall–Kier alpha value is -1.31. The summed E-state index contributed by atoms with van der Waals surface area (Å²) in [6.45, 7) is 13.1. The standard InChI is InChI=1S/C35H54O2/c1-24(26(3)23-37-33(36)27-11-7-6-8-12-27)14-15-25(2)30-18-19-31-29-17-16-28-13-9-10-21-34(28,4)32(29)20-22-35(30,31)5/h6-8,11-12,24-26,28-32H,9-10,13-23H2,1-5H3/t24-,25+,26?,28?,29-,30+,31-,32-,34-,35+/m0/s1. The molecule has 206 valence electrons. The van der Waals surface area contributed by atoms with E-state index in [1.54, 1.807) is 0 Å². The minimum atomic E-state index is -0.190. The second-order valence-corrected chi connectivity index (χ2v) is 14.6. The Morgan fingerprint density at radius 3 is 2.38 bits per heavy atom. The Morgan fingerprint density at radius 1 is 0.838 bits per heavy atom. The van der Waals surface area contributed by atoms with Gasteiger partial charge in [-0.2, -0.15) is 0 Å². The van der Waals surface area contributed by atoms with E-state index in [9.17, 15) is 4.79 Å². The average molecular weight is 507 g/mol. The van der Waals surface area contributed by atoms with Crippen molar-refractivity contribution >= 4 is 5.97 Å². The molecule has 2 heteroatoms. The van der Waals surface area contributed by atoms with Crippen LogP contribution in [0.15, 0.2) is 30.3 Å². The minimum absolute atomic E-state index is 0.190. The van der Waals surface area contributed by atoms with Crippen LogP contribution in [-0.4, -0.2) is 12.6 Å². The van der Waals surface area contributed by atoms with Crippen LogP contribution in [-0.2, 0) is 4.74 Å². The van der Waals surface area contributed by atoms with Crippen molar-refractivity contribution in [3.63, 3.8) is 0 Å². The molecule has 0 saturated heterocycles. The number of hydrogen-bond acceptors (Lipinski definition) is 2. The first-order valence-corrected chi connectivity index (χ1v) is 16.0. The van der Waals surface area contributed by atoms with Gasteiger partial charge >= 0.3 is 5.97 Å². The second kappa shape index (κ2) is 11.1. The minimum Gasteiger partial charge on any atom is -0.462 e. The molecule has 0 spiro atoms. The van der Waals surface area contributed by atoms with E-state index in [1.165, 1.54) is 77.0 Å². The van der Waals surface area contributed by atoms with Gasteiger partial charge in [-0.3, -0.25) is 0 Å². The lowest BCUT2D eigenvalue weighted by Gasteiger charge is -2.61. The number of ether oxygens (including phenoxy) is 1. The van der Waals surface area contributed by atoms with E-state index in [2.05, 4.69) is 34.6 Å². The number of fused-ring (bicyclic) bond motifs is 5. The van der Waals surface area contributed by atoms with Crippen LogP contribution in [0, 0.1) is 58.2 Å². The van der Waals surface area contributed by atoms with Crippen molar-refractivity contribution in [2.24, 2.45) is 58.2 Å². The molecule has 1 aromatic rings. The Bertz CT molecular complexity index is 909. The zero-order chi connectivity index (χ0) is 26.2. The van der Waals surface area contributed by atoms with Crippen LogP contribution in [0.1, 0.15) is 122 Å². The van der Waals surface area contributed by atoms with Crippen molar-refractivity contribution in [2.75, 3.05) is 6.61 Å². The van der Waals surface area contributed by atoms with Crippen LogP contribution >= 0.6 is 0 Å². The monoisotopic (exact) mass is 506 g/mol. The van der Waals surface area contributed by atoms with Crippen molar-refractivity contribution in [1.82, 2.24) is 0 Å². The van der Waals surface area contributed by atoms with Crippen LogP contribution < -0.4 is 0 Å². The van der Waals surface area contributed by atoms with Crippen molar-refractivity contribution < 1.29 is 9.53 Å². The summed E-state index contributed by atoms with van der Waals surface area (Å²) < 4.78 is 5.66. The highest BCUT2D eigenvalue weighted by atomic mass is 16.5. The van der Waals surface area contributed by atoms with Gasteiger partial charge in [0.1, 0.15) is 0 Å². The molecule has 2 nitrogen and oxygen atoms in total. The second-order valence-electron chi connectivity index (χ2n) is 14.6. The normalized spacial score (nSPS) is 39.5. The fourth-order valence-electron chi connectivity index (χ4n) is 10.3. The highest BCUT2D eigenvalue weighted by Crippen LogP contribution is 2.68. The molecular weight excluding hydrogens is 452 g/mol. The molecule has 2 unspecified atom stereocenters. The summed E-state index contributed by atoms with van der Waals surface area (Å²) in [5, 5.41) is 0. The maximum absolute atomic E-state index is 12.4. The number of esters is 1. The smallest absolute Gasteiger partial charge is 0.338 e. The molecular formula is C35H54O2. The third-order valence-corrected chi connectivity index (χ3v) is 12.9. The highest BCUT2D eigenvalue weighted by Gasteiger charge is 2.60. The fourth-order valence-corrected chi connectivity index (χ4v) is 10.3. The summed E-state index contributed by atoms with van der Waals surface area (Å²) in [4.78, 5) is 12.4. The van der Waals surface area contributed by atoms with E-state index >= 15 is 0 Å². The summed E-state index contributed by atoms with van der Waals surface area (Å²) in [5.74, 6) is 6.51. The fraction of sp³-hybridized carbons (Fsp3) is 0.800. The molecule has 10 atom stereocenters. The van der Waals surface area contributed by atoms with E-state index in [0.717, 1.165) is 35.5 Å². The third kappa shape index (κ3) is 5.17. The summed E-state index contributed by atoms with van der Waals surface area (Å²) in [7, 11) is 0. The lowest BCUT2D eigenvalue weighted by molar-refractivity contribution is -0.114. The van der Waals surface area contributed by atoms with Gasteiger partial charge in [0.2, 0.25) is 0 Å². The first kappa shape index (κ1) is 27.3. The van der Waals surface area contributed by atoms with Gasteiger partial charge in [-0.15, -0.1) is 0 Å². The quantitative estimate of drug-likeness (QED) is 0.328. The van der Waals surface area contributed by atoms with E-state index in [1.807, 2.05) is 30.3 Å². The number of hydrogen-bond donors (Lipinski definition) is 0. The van der Waals surface area contributed by atoms with Crippen LogP contribution in [0.4, 0.5) is 0 Å². The molecule has 0 N–H and O–H groups in total. The zero-order valence-electron chi connectivity index (χ0n) is 24.5. The van der Waals surface area contributed by atoms with Gasteiger partial charge in [0.05, 0.1) is 12.2 Å². The average Bonchev–Trinajstić information content (AvgIpc) is 3.27. The molecule has 4 fully saturated rings. The molecule has 4 saturated carbocycles. The molecule has 0 aliphatic heterocycles. The molecule has 0 bridgehead atoms. The van der Waals surface area contributed by atoms with Gasteiger partial charge in [0.25, 0.3) is 0 Å². The predicted molar refractivity (Wildman–Crippen MR) is 153 cm³/mol. The third-order valence-electron chi connectivity index (χ3n) is 12.9.